The highest BCUT2D eigenvalue weighted by atomic mass is 19.4. The fourth-order valence-corrected chi connectivity index (χ4v) is 2.82. The number of rotatable bonds is 9. The number of alkyl halides is 3. The Hall–Kier alpha value is -2.45. The molecule has 2 amide bonds. The van der Waals surface area contributed by atoms with Crippen molar-refractivity contribution in [3.8, 4) is 5.75 Å². The van der Waals surface area contributed by atoms with Crippen LogP contribution in [0.1, 0.15) is 44.4 Å². The van der Waals surface area contributed by atoms with Gasteiger partial charge in [-0.2, -0.15) is 13.2 Å². The van der Waals surface area contributed by atoms with Crippen LogP contribution in [0.25, 0.3) is 11.0 Å². The molecule has 0 saturated heterocycles. The molecule has 9 heteroatoms. The number of aromatic nitrogens is 1. The first-order valence-corrected chi connectivity index (χ1v) is 9.39. The van der Waals surface area contributed by atoms with Gasteiger partial charge in [-0.1, -0.05) is 25.4 Å². The molecule has 0 radical (unpaired) electrons. The second-order valence-corrected chi connectivity index (χ2v) is 6.55. The molecule has 0 saturated carbocycles. The molecule has 0 unspecified atom stereocenters. The lowest BCUT2D eigenvalue weighted by atomic mass is 10.0. The molecule has 28 heavy (non-hydrogen) atoms. The molecule has 0 atom stereocenters. The first-order chi connectivity index (χ1) is 13.3. The van der Waals surface area contributed by atoms with Gasteiger partial charge in [-0.05, 0) is 31.4 Å². The first kappa shape index (κ1) is 21.8. The van der Waals surface area contributed by atoms with Gasteiger partial charge in [0.1, 0.15) is 5.75 Å². The lowest BCUT2D eigenvalue weighted by Gasteiger charge is -2.18. The van der Waals surface area contributed by atoms with Gasteiger partial charge in [0.25, 0.3) is 0 Å². The fraction of sp³-hybridized carbons (Fsp3) is 0.579. The van der Waals surface area contributed by atoms with Gasteiger partial charge in [0.15, 0.2) is 11.3 Å². The number of carbonyl (C=O) groups is 1. The number of carbonyl (C=O) groups excluding carboxylic acids is 1. The largest absolute Gasteiger partial charge is 0.493 e. The smallest absolute Gasteiger partial charge is 0.437 e. The number of halogens is 3. The van der Waals surface area contributed by atoms with Crippen molar-refractivity contribution in [2.75, 3.05) is 26.7 Å². The molecule has 2 rings (SSSR count). The topological polar surface area (TPSA) is 67.6 Å². The van der Waals surface area contributed by atoms with Crippen LogP contribution in [0.2, 0.25) is 0 Å². The number of urea groups is 1. The van der Waals surface area contributed by atoms with E-state index >= 15 is 0 Å². The Kier molecular flexibility index (Phi) is 7.53. The Morgan fingerprint density at radius 2 is 2.04 bits per heavy atom. The summed E-state index contributed by atoms with van der Waals surface area (Å²) in [6.07, 6.45) is -1.89. The van der Waals surface area contributed by atoms with E-state index in [-0.39, 0.29) is 17.0 Å². The van der Waals surface area contributed by atoms with E-state index in [0.717, 1.165) is 12.8 Å². The summed E-state index contributed by atoms with van der Waals surface area (Å²) in [5.41, 5.74) is -0.328. The minimum Gasteiger partial charge on any atom is -0.493 e. The van der Waals surface area contributed by atoms with E-state index in [1.807, 2.05) is 13.8 Å². The Balaban J connectivity index is 2.04. The molecule has 1 N–H and O–H groups in total. The minimum absolute atomic E-state index is 0.0596. The van der Waals surface area contributed by atoms with E-state index in [1.165, 1.54) is 12.1 Å². The predicted molar refractivity (Wildman–Crippen MR) is 99.4 cm³/mol. The number of hydrogen-bond donors (Lipinski definition) is 1. The number of ether oxygens (including phenoxy) is 1. The van der Waals surface area contributed by atoms with Crippen molar-refractivity contribution < 1.29 is 27.2 Å². The predicted octanol–water partition coefficient (Wildman–Crippen LogP) is 4.62. The second kappa shape index (κ2) is 9.66. The van der Waals surface area contributed by atoms with Crippen molar-refractivity contribution in [2.45, 2.75) is 45.7 Å². The third-order valence-corrected chi connectivity index (χ3v) is 4.24. The average molecular weight is 401 g/mol. The minimum atomic E-state index is -4.57. The van der Waals surface area contributed by atoms with Gasteiger partial charge in [0, 0.05) is 25.7 Å². The molecule has 1 heterocycles. The number of hydrogen-bond acceptors (Lipinski definition) is 4. The Labute approximate surface area is 162 Å². The summed E-state index contributed by atoms with van der Waals surface area (Å²) < 4.78 is 49.9. The van der Waals surface area contributed by atoms with Crippen molar-refractivity contribution >= 4 is 17.0 Å². The van der Waals surface area contributed by atoms with Crippen molar-refractivity contribution in [1.29, 1.82) is 0 Å². The summed E-state index contributed by atoms with van der Waals surface area (Å²) in [4.78, 5) is 13.4. The van der Waals surface area contributed by atoms with Gasteiger partial charge < -0.3 is 19.5 Å². The Morgan fingerprint density at radius 3 is 2.68 bits per heavy atom. The molecule has 0 aliphatic rings. The Morgan fingerprint density at radius 1 is 1.29 bits per heavy atom. The number of amides is 2. The summed E-state index contributed by atoms with van der Waals surface area (Å²) in [7, 11) is 1.70. The highest BCUT2D eigenvalue weighted by Crippen LogP contribution is 2.38. The van der Waals surface area contributed by atoms with Crippen molar-refractivity contribution in [1.82, 2.24) is 15.4 Å². The molecule has 0 aliphatic carbocycles. The quantitative estimate of drug-likeness (QED) is 0.623. The van der Waals surface area contributed by atoms with Crippen LogP contribution < -0.4 is 10.1 Å². The van der Waals surface area contributed by atoms with Gasteiger partial charge in [-0.15, -0.1) is 0 Å². The molecule has 1 aromatic carbocycles. The van der Waals surface area contributed by atoms with Gasteiger partial charge in [-0.25, -0.2) is 4.79 Å². The number of fused-ring (bicyclic) bond motifs is 1. The SMILES string of the molecule is CCCNC(=O)N(C)CCCOc1ccc2c(C(F)(F)F)noc2c1CCC. The van der Waals surface area contributed by atoms with Gasteiger partial charge in [0.05, 0.1) is 12.0 Å². The molecule has 156 valence electrons. The third-order valence-electron chi connectivity index (χ3n) is 4.24. The van der Waals surface area contributed by atoms with E-state index in [1.54, 1.807) is 11.9 Å². The number of nitrogens with zero attached hydrogens (tertiary/aromatic N) is 2. The van der Waals surface area contributed by atoms with E-state index in [9.17, 15) is 18.0 Å². The summed E-state index contributed by atoms with van der Waals surface area (Å²) in [6.45, 7) is 5.35. The van der Waals surface area contributed by atoms with Crippen LogP contribution in [0.5, 0.6) is 5.75 Å². The van der Waals surface area contributed by atoms with Crippen LogP contribution >= 0.6 is 0 Å². The second-order valence-electron chi connectivity index (χ2n) is 6.55. The summed E-state index contributed by atoms with van der Waals surface area (Å²) in [5.74, 6) is 0.484. The summed E-state index contributed by atoms with van der Waals surface area (Å²) >= 11 is 0. The van der Waals surface area contributed by atoms with Crippen LogP contribution in [0.3, 0.4) is 0 Å². The maximum absolute atomic E-state index is 13.0. The van der Waals surface area contributed by atoms with Crippen LogP contribution in [-0.2, 0) is 12.6 Å². The standard InChI is InChI=1S/C19H26F3N3O3/c1-4-7-13-15(27-12-6-11-25(3)18(26)23-10-5-2)9-8-14-16(13)28-24-17(14)19(20,21)22/h8-9H,4-7,10-12H2,1-3H3,(H,23,26). The van der Waals surface area contributed by atoms with E-state index in [2.05, 4.69) is 10.5 Å². The molecule has 2 aromatic rings. The molecular weight excluding hydrogens is 375 g/mol. The maximum atomic E-state index is 13.0. The van der Waals surface area contributed by atoms with Crippen LogP contribution in [0.4, 0.5) is 18.0 Å². The highest BCUT2D eigenvalue weighted by Gasteiger charge is 2.37. The molecule has 0 spiro atoms. The average Bonchev–Trinajstić information content (AvgIpc) is 3.09. The van der Waals surface area contributed by atoms with Crippen molar-refractivity contribution in [3.63, 3.8) is 0 Å². The fourth-order valence-electron chi connectivity index (χ4n) is 2.82. The third kappa shape index (κ3) is 5.30. The van der Waals surface area contributed by atoms with Crippen molar-refractivity contribution in [3.05, 3.63) is 23.4 Å². The Bertz CT molecular complexity index is 790. The van der Waals surface area contributed by atoms with E-state index in [4.69, 9.17) is 9.26 Å². The van der Waals surface area contributed by atoms with Crippen LogP contribution in [-0.4, -0.2) is 42.8 Å². The number of benzene rings is 1. The van der Waals surface area contributed by atoms with Crippen LogP contribution in [0, 0.1) is 0 Å². The summed E-state index contributed by atoms with van der Waals surface area (Å²) in [6, 6.07) is 2.71. The van der Waals surface area contributed by atoms with Gasteiger partial charge >= 0.3 is 12.2 Å². The normalized spacial score (nSPS) is 11.6. The van der Waals surface area contributed by atoms with E-state index in [0.29, 0.717) is 43.9 Å². The zero-order valence-corrected chi connectivity index (χ0v) is 16.4. The number of aryl methyl sites for hydroxylation is 1. The zero-order valence-electron chi connectivity index (χ0n) is 16.4. The molecule has 6 nitrogen and oxygen atoms in total. The number of nitrogens with one attached hydrogen (secondary N) is 1. The van der Waals surface area contributed by atoms with E-state index < -0.39 is 11.9 Å². The lowest BCUT2D eigenvalue weighted by Crippen LogP contribution is -2.38. The highest BCUT2D eigenvalue weighted by molar-refractivity contribution is 5.85. The maximum Gasteiger partial charge on any atom is 0.437 e. The molecule has 0 aliphatic heterocycles. The monoisotopic (exact) mass is 401 g/mol. The molecular formula is C19H26F3N3O3. The molecule has 0 bridgehead atoms. The van der Waals surface area contributed by atoms with Gasteiger partial charge in [0.2, 0.25) is 0 Å². The van der Waals surface area contributed by atoms with Crippen molar-refractivity contribution in [2.24, 2.45) is 0 Å². The van der Waals surface area contributed by atoms with Crippen LogP contribution in [0.15, 0.2) is 16.7 Å². The molecule has 1 aromatic heterocycles. The summed E-state index contributed by atoms with van der Waals surface area (Å²) in [5, 5.41) is 5.93. The molecule has 0 fully saturated rings. The van der Waals surface area contributed by atoms with Gasteiger partial charge in [-0.3, -0.25) is 0 Å². The first-order valence-electron chi connectivity index (χ1n) is 9.39. The lowest BCUT2D eigenvalue weighted by molar-refractivity contribution is -0.141. The zero-order chi connectivity index (χ0) is 20.7.